The number of hydrogen-bond acceptors (Lipinski definition) is 3. The molecule has 1 aromatic rings. The van der Waals surface area contributed by atoms with Gasteiger partial charge in [0.05, 0.1) is 0 Å². The van der Waals surface area contributed by atoms with Crippen molar-refractivity contribution in [3.63, 3.8) is 0 Å². The number of nitrogens with one attached hydrogen (secondary N) is 1. The topological polar surface area (TPSA) is 41.5 Å². The molecule has 0 heterocycles. The van der Waals surface area contributed by atoms with Crippen LogP contribution in [0.2, 0.25) is 0 Å². The van der Waals surface area contributed by atoms with Crippen LogP contribution in [0, 0.1) is 0 Å². The zero-order chi connectivity index (χ0) is 7.40. The Morgan fingerprint density at radius 3 is 2.90 bits per heavy atom. The number of benzene rings is 1. The highest BCUT2D eigenvalue weighted by atomic mass is 16.6. The summed E-state index contributed by atoms with van der Waals surface area (Å²) in [6.45, 7) is 0. The maximum atomic E-state index is 8.93. The van der Waals surface area contributed by atoms with E-state index in [1.807, 2.05) is 0 Å². The molecule has 0 saturated carbocycles. The monoisotopic (exact) mass is 139 g/mol. The maximum absolute atomic E-state index is 8.93. The molecular formula is C7H9NO2. The zero-order valence-electron chi connectivity index (χ0n) is 5.66. The molecule has 0 aliphatic heterocycles. The molecule has 10 heavy (non-hydrogen) atoms. The first-order chi connectivity index (χ1) is 4.83. The molecule has 0 aromatic heterocycles. The van der Waals surface area contributed by atoms with Crippen LogP contribution >= 0.6 is 0 Å². The van der Waals surface area contributed by atoms with E-state index in [1.54, 1.807) is 25.2 Å². The fraction of sp³-hybridized carbons (Fsp3) is 0.143. The Hall–Kier alpha value is -1.22. The van der Waals surface area contributed by atoms with Gasteiger partial charge in [-0.2, -0.15) is 5.48 Å². The predicted molar refractivity (Wildman–Crippen MR) is 37.8 cm³/mol. The van der Waals surface area contributed by atoms with Crippen LogP contribution in [-0.4, -0.2) is 12.2 Å². The highest BCUT2D eigenvalue weighted by molar-refractivity contribution is 5.31. The molecule has 0 aliphatic rings. The minimum absolute atomic E-state index is 0.202. The van der Waals surface area contributed by atoms with Gasteiger partial charge in [0.1, 0.15) is 5.75 Å². The summed E-state index contributed by atoms with van der Waals surface area (Å²) >= 11 is 0. The van der Waals surface area contributed by atoms with E-state index in [-0.39, 0.29) is 5.75 Å². The van der Waals surface area contributed by atoms with Crippen LogP contribution in [0.4, 0.5) is 0 Å². The number of phenolic OH excluding ortho intramolecular Hbond substituents is 1. The second-order valence-corrected chi connectivity index (χ2v) is 1.80. The molecule has 0 atom stereocenters. The van der Waals surface area contributed by atoms with Gasteiger partial charge in [-0.25, -0.2) is 0 Å². The Morgan fingerprint density at radius 1 is 1.50 bits per heavy atom. The van der Waals surface area contributed by atoms with E-state index in [9.17, 15) is 0 Å². The first-order valence-electron chi connectivity index (χ1n) is 2.95. The molecule has 3 heteroatoms. The molecule has 2 N–H and O–H groups in total. The van der Waals surface area contributed by atoms with Crippen LogP contribution < -0.4 is 10.3 Å². The van der Waals surface area contributed by atoms with Gasteiger partial charge < -0.3 is 9.94 Å². The fourth-order valence-corrected chi connectivity index (χ4v) is 0.665. The summed E-state index contributed by atoms with van der Waals surface area (Å²) in [5.74, 6) is 0.801. The van der Waals surface area contributed by atoms with Crippen molar-refractivity contribution in [2.45, 2.75) is 0 Å². The summed E-state index contributed by atoms with van der Waals surface area (Å²) in [6, 6.07) is 6.57. The van der Waals surface area contributed by atoms with Gasteiger partial charge in [-0.3, -0.25) is 0 Å². The van der Waals surface area contributed by atoms with Crippen LogP contribution in [0.5, 0.6) is 11.5 Å². The molecule has 0 bridgehead atoms. The summed E-state index contributed by atoms with van der Waals surface area (Å²) in [5.41, 5.74) is 2.50. The lowest BCUT2D eigenvalue weighted by molar-refractivity contribution is 0.223. The molecule has 0 unspecified atom stereocenters. The van der Waals surface area contributed by atoms with Crippen molar-refractivity contribution in [3.05, 3.63) is 24.3 Å². The van der Waals surface area contributed by atoms with Crippen molar-refractivity contribution >= 4 is 0 Å². The van der Waals surface area contributed by atoms with E-state index in [0.717, 1.165) is 0 Å². The van der Waals surface area contributed by atoms with Crippen molar-refractivity contribution in [2.75, 3.05) is 7.05 Å². The normalized spacial score (nSPS) is 9.30. The standard InChI is InChI=1S/C7H9NO2/c1-8-10-7-4-2-3-6(9)5-7/h2-5,8-9H,1H3. The third kappa shape index (κ3) is 1.63. The molecule has 3 nitrogen and oxygen atoms in total. The number of rotatable bonds is 2. The van der Waals surface area contributed by atoms with Crippen molar-refractivity contribution in [1.29, 1.82) is 0 Å². The third-order valence-corrected chi connectivity index (χ3v) is 1.04. The predicted octanol–water partition coefficient (Wildman–Crippen LogP) is 0.905. The minimum Gasteiger partial charge on any atom is -0.508 e. The van der Waals surface area contributed by atoms with Gasteiger partial charge in [-0.15, -0.1) is 0 Å². The van der Waals surface area contributed by atoms with E-state index in [4.69, 9.17) is 9.94 Å². The van der Waals surface area contributed by atoms with Gasteiger partial charge in [0.15, 0.2) is 5.75 Å². The van der Waals surface area contributed by atoms with Crippen molar-refractivity contribution < 1.29 is 9.94 Å². The highest BCUT2D eigenvalue weighted by Crippen LogP contribution is 2.16. The van der Waals surface area contributed by atoms with Crippen LogP contribution in [0.3, 0.4) is 0 Å². The molecule has 0 radical (unpaired) electrons. The molecule has 0 amide bonds. The SMILES string of the molecule is CNOc1cccc(O)c1. The molecule has 0 saturated heterocycles. The zero-order valence-corrected chi connectivity index (χ0v) is 5.66. The Balaban J connectivity index is 2.75. The first kappa shape index (κ1) is 6.89. The second kappa shape index (κ2) is 3.08. The molecule has 0 fully saturated rings. The van der Waals surface area contributed by atoms with Crippen molar-refractivity contribution in [2.24, 2.45) is 0 Å². The average Bonchev–Trinajstić information content (AvgIpc) is 1.88. The first-order valence-corrected chi connectivity index (χ1v) is 2.95. The van der Waals surface area contributed by atoms with Gasteiger partial charge in [-0.1, -0.05) is 6.07 Å². The fourth-order valence-electron chi connectivity index (χ4n) is 0.665. The Bertz CT molecular complexity index is 213. The van der Waals surface area contributed by atoms with Gasteiger partial charge in [-0.05, 0) is 12.1 Å². The number of hydroxylamine groups is 1. The Morgan fingerprint density at radius 2 is 2.30 bits per heavy atom. The molecule has 1 aromatic carbocycles. The Labute approximate surface area is 59.2 Å². The van der Waals surface area contributed by atoms with Crippen molar-refractivity contribution in [3.8, 4) is 11.5 Å². The third-order valence-electron chi connectivity index (χ3n) is 1.04. The lowest BCUT2D eigenvalue weighted by Gasteiger charge is -2.01. The molecule has 0 spiro atoms. The van der Waals surface area contributed by atoms with Gasteiger partial charge in [0.2, 0.25) is 0 Å². The summed E-state index contributed by atoms with van der Waals surface area (Å²) in [5, 5.41) is 8.93. The summed E-state index contributed by atoms with van der Waals surface area (Å²) in [7, 11) is 1.66. The van der Waals surface area contributed by atoms with E-state index in [1.165, 1.54) is 6.07 Å². The smallest absolute Gasteiger partial charge is 0.150 e. The molecular weight excluding hydrogens is 130 g/mol. The minimum atomic E-state index is 0.202. The molecule has 0 aliphatic carbocycles. The maximum Gasteiger partial charge on any atom is 0.150 e. The number of hydrogen-bond donors (Lipinski definition) is 2. The molecule has 54 valence electrons. The lowest BCUT2D eigenvalue weighted by atomic mass is 10.3. The van der Waals surface area contributed by atoms with Gasteiger partial charge >= 0.3 is 0 Å². The second-order valence-electron chi connectivity index (χ2n) is 1.80. The lowest BCUT2D eigenvalue weighted by Crippen LogP contribution is -2.10. The number of aromatic hydroxyl groups is 1. The quantitative estimate of drug-likeness (QED) is 0.598. The Kier molecular flexibility index (Phi) is 2.12. The van der Waals surface area contributed by atoms with Crippen molar-refractivity contribution in [1.82, 2.24) is 5.48 Å². The van der Waals surface area contributed by atoms with E-state index >= 15 is 0 Å². The van der Waals surface area contributed by atoms with E-state index in [2.05, 4.69) is 5.48 Å². The van der Waals surface area contributed by atoms with E-state index < -0.39 is 0 Å². The van der Waals surface area contributed by atoms with E-state index in [0.29, 0.717) is 5.75 Å². The summed E-state index contributed by atoms with van der Waals surface area (Å²) in [4.78, 5) is 4.88. The molecule has 1 rings (SSSR count). The highest BCUT2D eigenvalue weighted by Gasteiger charge is 1.91. The van der Waals surface area contributed by atoms with Gasteiger partial charge in [0.25, 0.3) is 0 Å². The van der Waals surface area contributed by atoms with Gasteiger partial charge in [0, 0.05) is 13.1 Å². The summed E-state index contributed by atoms with van der Waals surface area (Å²) in [6.07, 6.45) is 0. The van der Waals surface area contributed by atoms with Crippen LogP contribution in [0.15, 0.2) is 24.3 Å². The van der Waals surface area contributed by atoms with Crippen LogP contribution in [0.25, 0.3) is 0 Å². The van der Waals surface area contributed by atoms with Crippen LogP contribution in [0.1, 0.15) is 0 Å². The average molecular weight is 139 g/mol. The summed E-state index contributed by atoms with van der Waals surface area (Å²) < 4.78 is 0. The largest absolute Gasteiger partial charge is 0.508 e. The number of phenols is 1. The van der Waals surface area contributed by atoms with Crippen LogP contribution in [-0.2, 0) is 0 Å².